The number of carbonyl (C=O) groups is 2. The Balaban J connectivity index is 2.08. The fourth-order valence-electron chi connectivity index (χ4n) is 2.03. The van der Waals surface area contributed by atoms with Gasteiger partial charge in [0.15, 0.2) is 0 Å². The Labute approximate surface area is 115 Å². The van der Waals surface area contributed by atoms with E-state index in [1.165, 1.54) is 6.20 Å². The van der Waals surface area contributed by atoms with Crippen LogP contribution in [0.2, 0.25) is 5.02 Å². The standard InChI is InChI=1S/C13H13ClN2O3/c14-8-5-6-11(15-7-8)16-12(17)9-3-1-2-4-10(9)13(18)19/h1-2,5-7,9-10H,3-4H2,(H,18,19)(H,15,16,17)/p-1/t9-,10-/m0/s1. The number of rotatable bonds is 3. The minimum absolute atomic E-state index is 0.314. The number of hydrogen-bond donors (Lipinski definition) is 1. The Kier molecular flexibility index (Phi) is 4.16. The van der Waals surface area contributed by atoms with Gasteiger partial charge in [-0.05, 0) is 25.0 Å². The van der Waals surface area contributed by atoms with Crippen molar-refractivity contribution in [3.05, 3.63) is 35.5 Å². The second kappa shape index (κ2) is 5.84. The lowest BCUT2D eigenvalue weighted by Gasteiger charge is -2.28. The summed E-state index contributed by atoms with van der Waals surface area (Å²) in [4.78, 5) is 27.0. The maximum atomic E-state index is 12.1. The van der Waals surface area contributed by atoms with Gasteiger partial charge in [0.2, 0.25) is 5.91 Å². The molecule has 2 atom stereocenters. The van der Waals surface area contributed by atoms with Gasteiger partial charge in [0.25, 0.3) is 0 Å². The molecule has 0 saturated carbocycles. The van der Waals surface area contributed by atoms with Crippen LogP contribution in [-0.4, -0.2) is 16.9 Å². The number of aliphatic carboxylic acids is 1. The summed E-state index contributed by atoms with van der Waals surface area (Å²) in [7, 11) is 0. The number of amides is 1. The van der Waals surface area contributed by atoms with E-state index in [1.54, 1.807) is 24.3 Å². The van der Waals surface area contributed by atoms with Gasteiger partial charge in [0.1, 0.15) is 5.82 Å². The van der Waals surface area contributed by atoms with E-state index in [0.29, 0.717) is 23.7 Å². The Morgan fingerprint density at radius 2 is 1.95 bits per heavy atom. The van der Waals surface area contributed by atoms with Gasteiger partial charge in [-0.15, -0.1) is 0 Å². The quantitative estimate of drug-likeness (QED) is 0.837. The molecular formula is C13H12ClN2O3-. The van der Waals surface area contributed by atoms with Crippen LogP contribution in [0.1, 0.15) is 12.8 Å². The minimum atomic E-state index is -1.20. The van der Waals surface area contributed by atoms with Crippen molar-refractivity contribution in [2.24, 2.45) is 11.8 Å². The zero-order valence-electron chi connectivity index (χ0n) is 10.0. The average molecular weight is 280 g/mol. The second-order valence-electron chi connectivity index (χ2n) is 4.33. The lowest BCUT2D eigenvalue weighted by molar-refractivity contribution is -0.313. The number of anilines is 1. The molecule has 1 aromatic heterocycles. The zero-order chi connectivity index (χ0) is 13.8. The van der Waals surface area contributed by atoms with Crippen LogP contribution in [0.4, 0.5) is 5.82 Å². The fourth-order valence-corrected chi connectivity index (χ4v) is 2.14. The van der Waals surface area contributed by atoms with Gasteiger partial charge in [-0.25, -0.2) is 4.98 Å². The Morgan fingerprint density at radius 1 is 1.26 bits per heavy atom. The molecule has 1 N–H and O–H groups in total. The number of halogens is 1. The Bertz CT molecular complexity index is 513. The first kappa shape index (κ1) is 13.5. The van der Waals surface area contributed by atoms with E-state index in [2.05, 4.69) is 10.3 Å². The van der Waals surface area contributed by atoms with Crippen LogP contribution in [0.3, 0.4) is 0 Å². The Morgan fingerprint density at radius 3 is 2.53 bits per heavy atom. The fraction of sp³-hybridized carbons (Fsp3) is 0.308. The molecule has 5 nitrogen and oxygen atoms in total. The maximum absolute atomic E-state index is 12.1. The molecule has 1 amide bonds. The first-order valence-electron chi connectivity index (χ1n) is 5.86. The van der Waals surface area contributed by atoms with Gasteiger partial charge in [0, 0.05) is 18.1 Å². The summed E-state index contributed by atoms with van der Waals surface area (Å²) < 4.78 is 0. The lowest BCUT2D eigenvalue weighted by Crippen LogP contribution is -2.41. The van der Waals surface area contributed by atoms with E-state index >= 15 is 0 Å². The van der Waals surface area contributed by atoms with Crippen molar-refractivity contribution in [2.75, 3.05) is 5.32 Å². The topological polar surface area (TPSA) is 82.1 Å². The van der Waals surface area contributed by atoms with Crippen LogP contribution in [-0.2, 0) is 9.59 Å². The molecule has 0 saturated heterocycles. The van der Waals surface area contributed by atoms with Crippen molar-refractivity contribution in [1.29, 1.82) is 0 Å². The predicted molar refractivity (Wildman–Crippen MR) is 68.2 cm³/mol. The molecule has 0 spiro atoms. The molecular weight excluding hydrogens is 268 g/mol. The van der Waals surface area contributed by atoms with E-state index in [4.69, 9.17) is 11.6 Å². The SMILES string of the molecule is O=C([O-])[C@H]1CC=CC[C@@H]1C(=O)Nc1ccc(Cl)cn1. The molecule has 0 bridgehead atoms. The van der Waals surface area contributed by atoms with Crippen LogP contribution in [0, 0.1) is 11.8 Å². The van der Waals surface area contributed by atoms with Crippen LogP contribution in [0.25, 0.3) is 0 Å². The molecule has 0 aliphatic heterocycles. The van der Waals surface area contributed by atoms with Crippen molar-refractivity contribution in [3.63, 3.8) is 0 Å². The minimum Gasteiger partial charge on any atom is -0.550 e. The number of pyridine rings is 1. The first-order chi connectivity index (χ1) is 9.08. The summed E-state index contributed by atoms with van der Waals surface area (Å²) in [5, 5.41) is 14.1. The van der Waals surface area contributed by atoms with Gasteiger partial charge in [-0.2, -0.15) is 0 Å². The number of carboxylic acids is 1. The molecule has 0 unspecified atom stereocenters. The number of hydrogen-bond acceptors (Lipinski definition) is 4. The first-order valence-corrected chi connectivity index (χ1v) is 6.24. The van der Waals surface area contributed by atoms with Gasteiger partial charge < -0.3 is 15.2 Å². The van der Waals surface area contributed by atoms with E-state index in [0.717, 1.165) is 0 Å². The summed E-state index contributed by atoms with van der Waals surface area (Å²) in [5.74, 6) is -2.65. The summed E-state index contributed by atoms with van der Waals surface area (Å²) >= 11 is 5.69. The second-order valence-corrected chi connectivity index (χ2v) is 4.76. The molecule has 0 radical (unpaired) electrons. The smallest absolute Gasteiger partial charge is 0.229 e. The normalized spacial score (nSPS) is 21.9. The molecule has 2 rings (SSSR count). The van der Waals surface area contributed by atoms with E-state index in [1.807, 2.05) is 0 Å². The highest BCUT2D eigenvalue weighted by molar-refractivity contribution is 6.30. The molecule has 1 aliphatic rings. The Hall–Kier alpha value is -1.88. The van der Waals surface area contributed by atoms with Gasteiger partial charge >= 0.3 is 0 Å². The molecule has 100 valence electrons. The van der Waals surface area contributed by atoms with Crippen LogP contribution in [0.5, 0.6) is 0 Å². The summed E-state index contributed by atoms with van der Waals surface area (Å²) in [6, 6.07) is 3.16. The molecule has 1 aromatic rings. The summed E-state index contributed by atoms with van der Waals surface area (Å²) in [6.07, 6.45) is 5.67. The predicted octanol–water partition coefficient (Wildman–Crippen LogP) is 1.01. The number of carboxylic acid groups (broad SMARTS) is 1. The zero-order valence-corrected chi connectivity index (χ0v) is 10.8. The third-order valence-corrected chi connectivity index (χ3v) is 3.27. The van der Waals surface area contributed by atoms with E-state index < -0.39 is 17.8 Å². The van der Waals surface area contributed by atoms with E-state index in [-0.39, 0.29) is 5.91 Å². The van der Waals surface area contributed by atoms with Crippen LogP contribution < -0.4 is 10.4 Å². The number of nitrogens with one attached hydrogen (secondary N) is 1. The lowest BCUT2D eigenvalue weighted by atomic mass is 9.82. The van der Waals surface area contributed by atoms with Crippen molar-refractivity contribution in [3.8, 4) is 0 Å². The number of aromatic nitrogens is 1. The molecule has 1 heterocycles. The maximum Gasteiger partial charge on any atom is 0.229 e. The largest absolute Gasteiger partial charge is 0.550 e. The third-order valence-electron chi connectivity index (χ3n) is 3.05. The molecule has 0 fully saturated rings. The third kappa shape index (κ3) is 3.32. The van der Waals surface area contributed by atoms with Crippen LogP contribution >= 0.6 is 11.6 Å². The molecule has 1 aliphatic carbocycles. The summed E-state index contributed by atoms with van der Waals surface area (Å²) in [6.45, 7) is 0. The van der Waals surface area contributed by atoms with Gasteiger partial charge in [0.05, 0.1) is 10.9 Å². The monoisotopic (exact) mass is 279 g/mol. The van der Waals surface area contributed by atoms with Crippen molar-refractivity contribution < 1.29 is 14.7 Å². The summed E-state index contributed by atoms with van der Waals surface area (Å²) in [5.41, 5.74) is 0. The number of carbonyl (C=O) groups excluding carboxylic acids is 2. The highest BCUT2D eigenvalue weighted by atomic mass is 35.5. The number of allylic oxidation sites excluding steroid dienone is 2. The molecule has 6 heteroatoms. The van der Waals surface area contributed by atoms with Crippen molar-refractivity contribution in [2.45, 2.75) is 12.8 Å². The van der Waals surface area contributed by atoms with Gasteiger partial charge in [-0.1, -0.05) is 23.8 Å². The van der Waals surface area contributed by atoms with Crippen molar-refractivity contribution >= 4 is 29.3 Å². The average Bonchev–Trinajstić information content (AvgIpc) is 2.41. The van der Waals surface area contributed by atoms with Crippen LogP contribution in [0.15, 0.2) is 30.5 Å². The van der Waals surface area contributed by atoms with E-state index in [9.17, 15) is 14.7 Å². The van der Waals surface area contributed by atoms with Crippen molar-refractivity contribution in [1.82, 2.24) is 4.98 Å². The molecule has 19 heavy (non-hydrogen) atoms. The number of nitrogens with zero attached hydrogens (tertiary/aromatic N) is 1. The molecule has 0 aromatic carbocycles. The van der Waals surface area contributed by atoms with Gasteiger partial charge in [-0.3, -0.25) is 4.79 Å². The highest BCUT2D eigenvalue weighted by Crippen LogP contribution is 2.26. The highest BCUT2D eigenvalue weighted by Gasteiger charge is 2.29.